The van der Waals surface area contributed by atoms with E-state index in [4.69, 9.17) is 0 Å². The molecule has 0 aliphatic heterocycles. The van der Waals surface area contributed by atoms with E-state index in [1.54, 1.807) is 0 Å². The fourth-order valence-corrected chi connectivity index (χ4v) is 2.43. The van der Waals surface area contributed by atoms with Gasteiger partial charge in [0.2, 0.25) is 0 Å². The molecule has 0 amide bonds. The van der Waals surface area contributed by atoms with E-state index >= 15 is 0 Å². The minimum Gasteiger partial charge on any atom is -0.379 e. The maximum atomic E-state index is 13.7. The van der Waals surface area contributed by atoms with E-state index in [0.29, 0.717) is 6.07 Å². The van der Waals surface area contributed by atoms with Crippen LogP contribution in [0.2, 0.25) is 0 Å². The zero-order chi connectivity index (χ0) is 15.0. The lowest BCUT2D eigenvalue weighted by atomic mass is 10.1. The van der Waals surface area contributed by atoms with Gasteiger partial charge in [0.1, 0.15) is 5.82 Å². The fourth-order valence-electron chi connectivity index (χ4n) is 2.43. The van der Waals surface area contributed by atoms with Crippen LogP contribution >= 0.6 is 0 Å². The molecule has 1 nitrogen and oxygen atoms in total. The van der Waals surface area contributed by atoms with E-state index in [0.717, 1.165) is 24.1 Å². The molecule has 2 aromatic carbocycles. The molecule has 2 atom stereocenters. The predicted molar refractivity (Wildman–Crippen MR) is 72.6 cm³/mol. The van der Waals surface area contributed by atoms with E-state index in [1.807, 2.05) is 30.3 Å². The summed E-state index contributed by atoms with van der Waals surface area (Å²) in [4.78, 5) is 0. The molecule has 1 aliphatic rings. The Morgan fingerprint density at radius 1 is 1.00 bits per heavy atom. The molecule has 2 aromatic rings. The van der Waals surface area contributed by atoms with E-state index < -0.39 is 17.6 Å². The molecule has 2 unspecified atom stereocenters. The van der Waals surface area contributed by atoms with Gasteiger partial charge in [-0.15, -0.1) is 0 Å². The fraction of sp³-hybridized carbons (Fsp3) is 0.250. The number of nitrogens with one attached hydrogen (secondary N) is 1. The maximum absolute atomic E-state index is 13.7. The van der Waals surface area contributed by atoms with Gasteiger partial charge in [-0.05, 0) is 30.2 Å². The molecule has 1 saturated carbocycles. The largest absolute Gasteiger partial charge is 0.416 e. The molecule has 3 rings (SSSR count). The second kappa shape index (κ2) is 5.06. The summed E-state index contributed by atoms with van der Waals surface area (Å²) in [5.74, 6) is -0.587. The lowest BCUT2D eigenvalue weighted by Crippen LogP contribution is -2.09. The molecule has 1 aliphatic carbocycles. The van der Waals surface area contributed by atoms with E-state index in [1.165, 1.54) is 0 Å². The molecule has 1 N–H and O–H groups in total. The second-order valence-electron chi connectivity index (χ2n) is 5.20. The number of alkyl halides is 3. The van der Waals surface area contributed by atoms with Crippen molar-refractivity contribution in [2.75, 3.05) is 5.32 Å². The molecule has 0 aromatic heterocycles. The average molecular weight is 295 g/mol. The summed E-state index contributed by atoms with van der Waals surface area (Å²) in [6.07, 6.45) is -3.67. The first kappa shape index (κ1) is 13.9. The third-order valence-corrected chi connectivity index (χ3v) is 3.66. The summed E-state index contributed by atoms with van der Waals surface area (Å²) >= 11 is 0. The van der Waals surface area contributed by atoms with Crippen molar-refractivity contribution in [3.05, 3.63) is 65.5 Å². The van der Waals surface area contributed by atoms with Crippen LogP contribution in [0.3, 0.4) is 0 Å². The Balaban J connectivity index is 1.70. The van der Waals surface area contributed by atoms with Crippen LogP contribution in [-0.4, -0.2) is 6.04 Å². The maximum Gasteiger partial charge on any atom is 0.416 e. The van der Waals surface area contributed by atoms with Crippen LogP contribution in [-0.2, 0) is 6.18 Å². The van der Waals surface area contributed by atoms with Gasteiger partial charge in [-0.1, -0.05) is 30.3 Å². The Morgan fingerprint density at radius 3 is 2.33 bits per heavy atom. The minimum absolute atomic E-state index is 0.0682. The Labute approximate surface area is 119 Å². The molecule has 0 heterocycles. The number of benzene rings is 2. The SMILES string of the molecule is Fc1cc(C(F)(F)F)ccc1NC1CC1c1ccccc1. The van der Waals surface area contributed by atoms with Gasteiger partial charge >= 0.3 is 6.18 Å². The first-order valence-corrected chi connectivity index (χ1v) is 6.63. The Bertz CT molecular complexity index is 636. The summed E-state index contributed by atoms with van der Waals surface area (Å²) in [5.41, 5.74) is 0.301. The van der Waals surface area contributed by atoms with Crippen molar-refractivity contribution >= 4 is 5.69 Å². The summed E-state index contributed by atoms with van der Waals surface area (Å²) in [6.45, 7) is 0. The molecular formula is C16H13F4N. The van der Waals surface area contributed by atoms with Gasteiger partial charge in [0, 0.05) is 12.0 Å². The van der Waals surface area contributed by atoms with E-state index in [-0.39, 0.29) is 17.6 Å². The number of rotatable bonds is 3. The first-order chi connectivity index (χ1) is 9.95. The van der Waals surface area contributed by atoms with Crippen LogP contribution in [0.15, 0.2) is 48.5 Å². The van der Waals surface area contributed by atoms with Crippen LogP contribution in [0.25, 0.3) is 0 Å². The predicted octanol–water partition coefficient (Wildman–Crippen LogP) is 4.81. The van der Waals surface area contributed by atoms with Crippen molar-refractivity contribution in [2.24, 2.45) is 0 Å². The van der Waals surface area contributed by atoms with Gasteiger partial charge in [0.15, 0.2) is 0 Å². The van der Waals surface area contributed by atoms with Gasteiger partial charge < -0.3 is 5.32 Å². The zero-order valence-corrected chi connectivity index (χ0v) is 11.0. The number of hydrogen-bond donors (Lipinski definition) is 1. The standard InChI is InChI=1S/C16H13F4N/c17-13-8-11(16(18,19)20)6-7-14(13)21-15-9-12(15)10-4-2-1-3-5-10/h1-8,12,15,21H,9H2. The van der Waals surface area contributed by atoms with Crippen molar-refractivity contribution < 1.29 is 17.6 Å². The first-order valence-electron chi connectivity index (χ1n) is 6.63. The highest BCUT2D eigenvalue weighted by molar-refractivity contribution is 5.50. The van der Waals surface area contributed by atoms with Crippen LogP contribution in [0.1, 0.15) is 23.5 Å². The highest BCUT2D eigenvalue weighted by atomic mass is 19.4. The second-order valence-corrected chi connectivity index (χ2v) is 5.20. The van der Waals surface area contributed by atoms with Gasteiger partial charge in [0.25, 0.3) is 0 Å². The van der Waals surface area contributed by atoms with Gasteiger partial charge in [-0.3, -0.25) is 0 Å². The molecule has 0 radical (unpaired) electrons. The zero-order valence-electron chi connectivity index (χ0n) is 11.0. The smallest absolute Gasteiger partial charge is 0.379 e. The summed E-state index contributed by atoms with van der Waals surface area (Å²) in [6, 6.07) is 12.4. The third kappa shape index (κ3) is 3.01. The van der Waals surface area contributed by atoms with Crippen LogP contribution < -0.4 is 5.32 Å². The highest BCUT2D eigenvalue weighted by Crippen LogP contribution is 2.43. The van der Waals surface area contributed by atoms with Crippen molar-refractivity contribution in [1.82, 2.24) is 0 Å². The molecule has 5 heteroatoms. The van der Waals surface area contributed by atoms with Crippen LogP contribution in [0.4, 0.5) is 23.2 Å². The Kier molecular flexibility index (Phi) is 3.35. The van der Waals surface area contributed by atoms with Crippen molar-refractivity contribution in [1.29, 1.82) is 0 Å². The number of halogens is 4. The Hall–Kier alpha value is -2.04. The molecule has 0 bridgehead atoms. The normalized spacial score (nSPS) is 21.1. The third-order valence-electron chi connectivity index (χ3n) is 3.66. The number of anilines is 1. The van der Waals surface area contributed by atoms with E-state index in [9.17, 15) is 17.6 Å². The quantitative estimate of drug-likeness (QED) is 0.801. The summed E-state index contributed by atoms with van der Waals surface area (Å²) in [5, 5.41) is 2.97. The van der Waals surface area contributed by atoms with Crippen molar-refractivity contribution in [3.8, 4) is 0 Å². The van der Waals surface area contributed by atoms with Crippen LogP contribution in [0.5, 0.6) is 0 Å². The minimum atomic E-state index is -4.52. The summed E-state index contributed by atoms with van der Waals surface area (Å²) < 4.78 is 51.1. The molecule has 0 saturated heterocycles. The summed E-state index contributed by atoms with van der Waals surface area (Å²) in [7, 11) is 0. The topological polar surface area (TPSA) is 12.0 Å². The van der Waals surface area contributed by atoms with E-state index in [2.05, 4.69) is 5.32 Å². The van der Waals surface area contributed by atoms with Gasteiger partial charge in [0.05, 0.1) is 11.3 Å². The molecule has 1 fully saturated rings. The van der Waals surface area contributed by atoms with Crippen molar-refractivity contribution in [2.45, 2.75) is 24.6 Å². The van der Waals surface area contributed by atoms with Gasteiger partial charge in [-0.2, -0.15) is 13.2 Å². The Morgan fingerprint density at radius 2 is 1.71 bits per heavy atom. The molecule has 0 spiro atoms. The van der Waals surface area contributed by atoms with Crippen molar-refractivity contribution in [3.63, 3.8) is 0 Å². The molecular weight excluding hydrogens is 282 g/mol. The monoisotopic (exact) mass is 295 g/mol. The molecule has 110 valence electrons. The van der Waals surface area contributed by atoms with Gasteiger partial charge in [-0.25, -0.2) is 4.39 Å². The lowest BCUT2D eigenvalue weighted by Gasteiger charge is -2.11. The lowest BCUT2D eigenvalue weighted by molar-refractivity contribution is -0.137. The number of hydrogen-bond acceptors (Lipinski definition) is 1. The van der Waals surface area contributed by atoms with Crippen LogP contribution in [0, 0.1) is 5.82 Å². The molecule has 21 heavy (non-hydrogen) atoms. The average Bonchev–Trinajstić information content (AvgIpc) is 3.20. The highest BCUT2D eigenvalue weighted by Gasteiger charge is 2.39.